The third-order valence-corrected chi connectivity index (χ3v) is 5.08. The van der Waals surface area contributed by atoms with Crippen LogP contribution in [-0.4, -0.2) is 35.7 Å². The number of nitrogens with zero attached hydrogens (tertiary/aromatic N) is 2. The molecule has 3 rings (SSSR count). The van der Waals surface area contributed by atoms with Crippen LogP contribution in [0.15, 0.2) is 36.4 Å². The number of hydrogen-bond acceptors (Lipinski definition) is 7. The average molecular weight is 453 g/mol. The number of carbonyl (C=O) groups excluding carboxylic acids is 2. The van der Waals surface area contributed by atoms with Gasteiger partial charge >= 0.3 is 0 Å². The van der Waals surface area contributed by atoms with Gasteiger partial charge in [-0.25, -0.2) is 0 Å². The number of primary amides is 1. The van der Waals surface area contributed by atoms with Gasteiger partial charge < -0.3 is 15.2 Å². The van der Waals surface area contributed by atoms with Gasteiger partial charge in [0.2, 0.25) is 5.13 Å². The molecule has 0 saturated carbocycles. The number of carbonyl (C=O) groups is 2. The molecule has 0 fully saturated rings. The minimum Gasteiger partial charge on any atom is -0.493 e. The van der Waals surface area contributed by atoms with E-state index in [9.17, 15) is 9.59 Å². The van der Waals surface area contributed by atoms with E-state index >= 15 is 0 Å². The van der Waals surface area contributed by atoms with Crippen molar-refractivity contribution in [3.63, 3.8) is 0 Å². The van der Waals surface area contributed by atoms with Crippen molar-refractivity contribution in [2.45, 2.75) is 0 Å². The van der Waals surface area contributed by atoms with Gasteiger partial charge in [-0.2, -0.15) is 0 Å². The standard InChI is InChI=1S/C18H14Cl2N4O4S/c1-27-13-7-9(6-12(20)15(13)28-8-14(21)25)16(26)22-18-24-23-17(29-18)10-4-2-3-5-11(10)19/h2-7H,8H2,1H3,(H2,21,25)(H,22,24,26). The van der Waals surface area contributed by atoms with Crippen molar-refractivity contribution in [1.82, 2.24) is 10.2 Å². The highest BCUT2D eigenvalue weighted by Gasteiger charge is 2.18. The van der Waals surface area contributed by atoms with Crippen molar-refractivity contribution in [1.29, 1.82) is 0 Å². The summed E-state index contributed by atoms with van der Waals surface area (Å²) in [5, 5.41) is 12.1. The van der Waals surface area contributed by atoms with Crippen molar-refractivity contribution in [3.8, 4) is 22.1 Å². The lowest BCUT2D eigenvalue weighted by molar-refractivity contribution is -0.119. The predicted molar refractivity (Wildman–Crippen MR) is 111 cm³/mol. The molecule has 0 spiro atoms. The van der Waals surface area contributed by atoms with Crippen LogP contribution in [0.25, 0.3) is 10.6 Å². The van der Waals surface area contributed by atoms with Crippen molar-refractivity contribution in [2.24, 2.45) is 5.73 Å². The number of halogens is 2. The summed E-state index contributed by atoms with van der Waals surface area (Å²) in [5.41, 5.74) is 5.98. The van der Waals surface area contributed by atoms with Gasteiger partial charge in [0.05, 0.1) is 17.2 Å². The molecule has 0 aliphatic carbocycles. The fourth-order valence-corrected chi connectivity index (χ4v) is 3.65. The lowest BCUT2D eigenvalue weighted by atomic mass is 10.2. The molecule has 0 atom stereocenters. The molecule has 0 radical (unpaired) electrons. The first-order chi connectivity index (χ1) is 13.9. The number of rotatable bonds is 7. The van der Waals surface area contributed by atoms with Gasteiger partial charge in [-0.05, 0) is 18.2 Å². The Kier molecular flexibility index (Phi) is 6.53. The maximum atomic E-state index is 12.6. The summed E-state index contributed by atoms with van der Waals surface area (Å²) < 4.78 is 10.4. The van der Waals surface area contributed by atoms with E-state index in [0.717, 1.165) is 0 Å². The molecule has 0 unspecified atom stereocenters. The zero-order chi connectivity index (χ0) is 21.0. The zero-order valence-electron chi connectivity index (χ0n) is 14.9. The maximum absolute atomic E-state index is 12.6. The molecule has 0 saturated heterocycles. The molecular weight excluding hydrogens is 439 g/mol. The lowest BCUT2D eigenvalue weighted by Gasteiger charge is -2.13. The average Bonchev–Trinajstić information content (AvgIpc) is 3.14. The van der Waals surface area contributed by atoms with Crippen LogP contribution in [0.4, 0.5) is 5.13 Å². The number of nitrogens with one attached hydrogen (secondary N) is 1. The minimum atomic E-state index is -0.671. The first-order valence-corrected chi connectivity index (χ1v) is 9.64. The monoisotopic (exact) mass is 452 g/mol. The molecule has 0 bridgehead atoms. The molecule has 11 heteroatoms. The number of nitrogens with two attached hydrogens (primary N) is 1. The molecule has 8 nitrogen and oxygen atoms in total. The quantitative estimate of drug-likeness (QED) is 0.564. The smallest absolute Gasteiger partial charge is 0.257 e. The highest BCUT2D eigenvalue weighted by atomic mass is 35.5. The third-order valence-electron chi connectivity index (χ3n) is 3.60. The number of hydrogen-bond donors (Lipinski definition) is 2. The Labute approximate surface area is 179 Å². The van der Waals surface area contributed by atoms with E-state index in [1.54, 1.807) is 6.07 Å². The highest BCUT2D eigenvalue weighted by Crippen LogP contribution is 2.37. The number of methoxy groups -OCH3 is 1. The van der Waals surface area contributed by atoms with Crippen LogP contribution in [-0.2, 0) is 4.79 Å². The van der Waals surface area contributed by atoms with Crippen molar-refractivity contribution in [3.05, 3.63) is 52.0 Å². The van der Waals surface area contributed by atoms with Crippen molar-refractivity contribution >= 4 is 51.5 Å². The van der Waals surface area contributed by atoms with E-state index in [1.165, 1.54) is 30.6 Å². The number of amides is 2. The van der Waals surface area contributed by atoms with Gasteiger partial charge in [0.1, 0.15) is 0 Å². The molecule has 2 aromatic carbocycles. The molecule has 0 aliphatic rings. The molecule has 1 aromatic heterocycles. The Morgan fingerprint density at radius 3 is 2.62 bits per heavy atom. The van der Waals surface area contributed by atoms with Gasteiger partial charge in [-0.1, -0.05) is 52.7 Å². The SMILES string of the molecule is COc1cc(C(=O)Nc2nnc(-c3ccccc3Cl)s2)cc(Cl)c1OCC(N)=O. The van der Waals surface area contributed by atoms with Gasteiger partial charge in [0, 0.05) is 11.1 Å². The van der Waals surface area contributed by atoms with E-state index in [-0.39, 0.29) is 33.8 Å². The number of anilines is 1. The van der Waals surface area contributed by atoms with Crippen LogP contribution < -0.4 is 20.5 Å². The fraction of sp³-hybridized carbons (Fsp3) is 0.111. The molecule has 2 amide bonds. The second-order valence-electron chi connectivity index (χ2n) is 5.59. The summed E-state index contributed by atoms with van der Waals surface area (Å²) in [6, 6.07) is 10.00. The van der Waals surface area contributed by atoms with Crippen LogP contribution in [0.2, 0.25) is 10.0 Å². The van der Waals surface area contributed by atoms with Crippen LogP contribution >= 0.6 is 34.5 Å². The largest absolute Gasteiger partial charge is 0.493 e. The van der Waals surface area contributed by atoms with E-state index in [1.807, 2.05) is 18.2 Å². The molecular formula is C18H14Cl2N4O4S. The summed E-state index contributed by atoms with van der Waals surface area (Å²) in [4.78, 5) is 23.5. The van der Waals surface area contributed by atoms with Crippen LogP contribution in [0, 0.1) is 0 Å². The third kappa shape index (κ3) is 4.94. The number of ether oxygens (including phenoxy) is 2. The van der Waals surface area contributed by atoms with Crippen LogP contribution in [0.5, 0.6) is 11.5 Å². The van der Waals surface area contributed by atoms with E-state index < -0.39 is 11.8 Å². The van der Waals surface area contributed by atoms with E-state index in [0.29, 0.717) is 15.6 Å². The van der Waals surface area contributed by atoms with Gasteiger partial charge in [-0.15, -0.1) is 10.2 Å². The topological polar surface area (TPSA) is 116 Å². The Morgan fingerprint density at radius 2 is 1.93 bits per heavy atom. The van der Waals surface area contributed by atoms with Crippen LogP contribution in [0.3, 0.4) is 0 Å². The lowest BCUT2D eigenvalue weighted by Crippen LogP contribution is -2.20. The van der Waals surface area contributed by atoms with E-state index in [4.69, 9.17) is 38.4 Å². The minimum absolute atomic E-state index is 0.0878. The first-order valence-electron chi connectivity index (χ1n) is 8.07. The number of aromatic nitrogens is 2. The van der Waals surface area contributed by atoms with E-state index in [2.05, 4.69) is 15.5 Å². The summed E-state index contributed by atoms with van der Waals surface area (Å²) in [5.74, 6) is -0.858. The van der Waals surface area contributed by atoms with Gasteiger partial charge in [-0.3, -0.25) is 14.9 Å². The molecule has 1 heterocycles. The second kappa shape index (κ2) is 9.08. The Bertz CT molecular complexity index is 1070. The summed E-state index contributed by atoms with van der Waals surface area (Å²) >= 11 is 13.5. The zero-order valence-corrected chi connectivity index (χ0v) is 17.3. The molecule has 150 valence electrons. The van der Waals surface area contributed by atoms with Gasteiger partial charge in [0.15, 0.2) is 23.1 Å². The Hall–Kier alpha value is -2.88. The normalized spacial score (nSPS) is 10.4. The first kappa shape index (κ1) is 20.8. The number of benzene rings is 2. The molecule has 3 N–H and O–H groups in total. The summed E-state index contributed by atoms with van der Waals surface area (Å²) in [6.07, 6.45) is 0. The second-order valence-corrected chi connectivity index (χ2v) is 7.38. The predicted octanol–water partition coefficient (Wildman–Crippen LogP) is 3.64. The van der Waals surface area contributed by atoms with Gasteiger partial charge in [0.25, 0.3) is 11.8 Å². The summed E-state index contributed by atoms with van der Waals surface area (Å²) in [7, 11) is 1.38. The summed E-state index contributed by atoms with van der Waals surface area (Å²) in [6.45, 7) is -0.378. The molecule has 0 aliphatic heterocycles. The Balaban J connectivity index is 1.80. The fourth-order valence-electron chi connectivity index (χ4n) is 2.32. The van der Waals surface area contributed by atoms with Crippen molar-refractivity contribution < 1.29 is 19.1 Å². The molecule has 29 heavy (non-hydrogen) atoms. The van der Waals surface area contributed by atoms with Crippen molar-refractivity contribution in [2.75, 3.05) is 19.0 Å². The maximum Gasteiger partial charge on any atom is 0.257 e. The van der Waals surface area contributed by atoms with Crippen LogP contribution in [0.1, 0.15) is 10.4 Å². The Morgan fingerprint density at radius 1 is 1.17 bits per heavy atom. The highest BCUT2D eigenvalue weighted by molar-refractivity contribution is 7.18. The molecule has 3 aromatic rings.